The molecule has 0 saturated carbocycles. The zero-order chi connectivity index (χ0) is 24.6. The monoisotopic (exact) mass is 490 g/mol. The summed E-state index contributed by atoms with van der Waals surface area (Å²) in [6, 6.07) is 15.9. The summed E-state index contributed by atoms with van der Waals surface area (Å²) in [4.78, 5) is 29.5. The van der Waals surface area contributed by atoms with E-state index in [9.17, 15) is 14.0 Å². The molecule has 178 valence electrons. The third kappa shape index (κ3) is 6.10. The number of rotatable bonds is 9. The van der Waals surface area contributed by atoms with Gasteiger partial charge in [-0.3, -0.25) is 14.6 Å². The first-order valence-corrected chi connectivity index (χ1v) is 12.0. The van der Waals surface area contributed by atoms with Crippen molar-refractivity contribution in [2.24, 2.45) is 0 Å². The first-order chi connectivity index (χ1) is 17.0. The number of hydrogen-bond donors (Lipinski definition) is 2. The lowest BCUT2D eigenvalue weighted by molar-refractivity contribution is -0.113. The number of aromatic nitrogens is 4. The van der Waals surface area contributed by atoms with E-state index in [1.54, 1.807) is 36.7 Å². The van der Waals surface area contributed by atoms with Gasteiger partial charge in [0.25, 0.3) is 5.91 Å². The van der Waals surface area contributed by atoms with Crippen LogP contribution in [0.2, 0.25) is 0 Å². The molecule has 0 unspecified atom stereocenters. The van der Waals surface area contributed by atoms with Crippen LogP contribution in [0.15, 0.2) is 78.2 Å². The third-order valence-corrected chi connectivity index (χ3v) is 5.95. The number of hydrogen-bond acceptors (Lipinski definition) is 6. The van der Waals surface area contributed by atoms with Crippen LogP contribution in [-0.2, 0) is 11.3 Å². The van der Waals surface area contributed by atoms with Crippen LogP contribution in [0.4, 0.5) is 15.8 Å². The number of carbonyl (C=O) groups is 2. The molecule has 0 aliphatic carbocycles. The van der Waals surface area contributed by atoms with Crippen LogP contribution in [0.25, 0.3) is 11.4 Å². The second kappa shape index (κ2) is 11.4. The Morgan fingerprint density at radius 2 is 1.71 bits per heavy atom. The van der Waals surface area contributed by atoms with Crippen LogP contribution in [0.1, 0.15) is 23.7 Å². The molecular weight excluding hydrogens is 467 g/mol. The molecule has 0 spiro atoms. The lowest BCUT2D eigenvalue weighted by atomic mass is 10.1. The van der Waals surface area contributed by atoms with Crippen molar-refractivity contribution < 1.29 is 14.0 Å². The Labute approximate surface area is 206 Å². The smallest absolute Gasteiger partial charge is 0.257 e. The first kappa shape index (κ1) is 24.1. The minimum atomic E-state index is -0.412. The number of amides is 2. The number of anilines is 2. The summed E-state index contributed by atoms with van der Waals surface area (Å²) >= 11 is 1.27. The normalized spacial score (nSPS) is 10.7. The Bertz CT molecular complexity index is 1310. The number of benzene rings is 2. The molecule has 2 N–H and O–H groups in total. The number of halogens is 1. The summed E-state index contributed by atoms with van der Waals surface area (Å²) in [5.41, 5.74) is 2.03. The molecule has 8 nitrogen and oxygen atoms in total. The SMILES string of the molecule is CCCn1c(SCC(=O)Nc2ccccc2C(=O)Nc2ccc(F)cc2)nnc1-c1ccncc1. The van der Waals surface area contributed by atoms with E-state index >= 15 is 0 Å². The van der Waals surface area contributed by atoms with Crippen LogP contribution in [-0.4, -0.2) is 37.3 Å². The number of pyridine rings is 1. The molecule has 0 radical (unpaired) electrons. The van der Waals surface area contributed by atoms with Crippen molar-refractivity contribution in [3.05, 3.63) is 84.4 Å². The van der Waals surface area contributed by atoms with E-state index in [0.29, 0.717) is 28.6 Å². The summed E-state index contributed by atoms with van der Waals surface area (Å²) < 4.78 is 15.1. The summed E-state index contributed by atoms with van der Waals surface area (Å²) in [5.74, 6) is -0.277. The van der Waals surface area contributed by atoms with Gasteiger partial charge in [0.1, 0.15) is 5.82 Å². The third-order valence-electron chi connectivity index (χ3n) is 4.98. The molecule has 2 aromatic carbocycles. The van der Waals surface area contributed by atoms with Crippen LogP contribution >= 0.6 is 11.8 Å². The van der Waals surface area contributed by atoms with Crippen molar-refractivity contribution in [1.29, 1.82) is 0 Å². The summed E-state index contributed by atoms with van der Waals surface area (Å²) in [6.07, 6.45) is 4.28. The Balaban J connectivity index is 1.43. The lowest BCUT2D eigenvalue weighted by Crippen LogP contribution is -2.19. The van der Waals surface area contributed by atoms with Crippen molar-refractivity contribution >= 4 is 35.0 Å². The summed E-state index contributed by atoms with van der Waals surface area (Å²) in [6.45, 7) is 2.77. The maximum atomic E-state index is 13.1. The quantitative estimate of drug-likeness (QED) is 0.325. The molecule has 4 rings (SSSR count). The zero-order valence-corrected chi connectivity index (χ0v) is 19.8. The van der Waals surface area contributed by atoms with E-state index in [2.05, 4.69) is 32.7 Å². The van der Waals surface area contributed by atoms with Crippen LogP contribution in [0.3, 0.4) is 0 Å². The Morgan fingerprint density at radius 3 is 2.46 bits per heavy atom. The molecule has 10 heteroatoms. The molecule has 35 heavy (non-hydrogen) atoms. The van der Waals surface area contributed by atoms with Gasteiger partial charge < -0.3 is 15.2 Å². The van der Waals surface area contributed by atoms with Gasteiger partial charge in [-0.25, -0.2) is 4.39 Å². The maximum absolute atomic E-state index is 13.1. The van der Waals surface area contributed by atoms with Gasteiger partial charge in [-0.2, -0.15) is 0 Å². The fourth-order valence-corrected chi connectivity index (χ4v) is 4.14. The topological polar surface area (TPSA) is 102 Å². The van der Waals surface area contributed by atoms with Gasteiger partial charge in [0.2, 0.25) is 5.91 Å². The molecule has 0 bridgehead atoms. The lowest BCUT2D eigenvalue weighted by Gasteiger charge is -2.12. The van der Waals surface area contributed by atoms with Crippen LogP contribution in [0, 0.1) is 5.82 Å². The van der Waals surface area contributed by atoms with Gasteiger partial charge in [-0.1, -0.05) is 30.8 Å². The molecule has 0 atom stereocenters. The molecule has 2 heterocycles. The Hall–Kier alpha value is -4.05. The Kier molecular flexibility index (Phi) is 7.84. The highest BCUT2D eigenvalue weighted by atomic mass is 32.2. The molecule has 0 saturated heterocycles. The molecule has 0 aliphatic heterocycles. The van der Waals surface area contributed by atoms with E-state index in [1.165, 1.54) is 36.0 Å². The van der Waals surface area contributed by atoms with Gasteiger partial charge in [-0.05, 0) is 55.0 Å². The predicted octanol–water partition coefficient (Wildman–Crippen LogP) is 4.87. The average Bonchev–Trinajstić information content (AvgIpc) is 3.27. The van der Waals surface area contributed by atoms with Gasteiger partial charge in [0.05, 0.1) is 17.0 Å². The molecular formula is C25H23FN6O2S. The second-order valence-electron chi connectivity index (χ2n) is 7.54. The van der Waals surface area contributed by atoms with Crippen LogP contribution in [0.5, 0.6) is 0 Å². The number of carbonyl (C=O) groups excluding carboxylic acids is 2. The summed E-state index contributed by atoms with van der Waals surface area (Å²) in [5, 5.41) is 14.7. The van der Waals surface area contributed by atoms with Gasteiger partial charge in [0.15, 0.2) is 11.0 Å². The highest BCUT2D eigenvalue weighted by molar-refractivity contribution is 7.99. The number of para-hydroxylation sites is 1. The first-order valence-electron chi connectivity index (χ1n) is 11.0. The van der Waals surface area contributed by atoms with Gasteiger partial charge in [0, 0.05) is 30.2 Å². The van der Waals surface area contributed by atoms with Crippen molar-refractivity contribution in [1.82, 2.24) is 19.7 Å². The number of nitrogens with one attached hydrogen (secondary N) is 2. The van der Waals surface area contributed by atoms with E-state index < -0.39 is 11.7 Å². The van der Waals surface area contributed by atoms with E-state index in [0.717, 1.165) is 17.8 Å². The Morgan fingerprint density at radius 1 is 0.971 bits per heavy atom. The van der Waals surface area contributed by atoms with E-state index in [4.69, 9.17) is 0 Å². The predicted molar refractivity (Wildman–Crippen MR) is 134 cm³/mol. The minimum absolute atomic E-state index is 0.0894. The van der Waals surface area contributed by atoms with E-state index in [1.807, 2.05) is 16.7 Å². The maximum Gasteiger partial charge on any atom is 0.257 e. The molecule has 0 aliphatic rings. The van der Waals surface area contributed by atoms with Crippen molar-refractivity contribution in [3.8, 4) is 11.4 Å². The van der Waals surface area contributed by atoms with Crippen molar-refractivity contribution in [3.63, 3.8) is 0 Å². The fourth-order valence-electron chi connectivity index (χ4n) is 3.37. The highest BCUT2D eigenvalue weighted by Gasteiger charge is 2.17. The largest absolute Gasteiger partial charge is 0.325 e. The van der Waals surface area contributed by atoms with Gasteiger partial charge >= 0.3 is 0 Å². The second-order valence-corrected chi connectivity index (χ2v) is 8.48. The molecule has 4 aromatic rings. The minimum Gasteiger partial charge on any atom is -0.325 e. The van der Waals surface area contributed by atoms with Crippen LogP contribution < -0.4 is 10.6 Å². The standard InChI is InChI=1S/C25H23FN6O2S/c1-2-15-32-23(17-11-13-27-14-12-17)30-31-25(32)35-16-22(33)29-21-6-4-3-5-20(21)24(34)28-19-9-7-18(26)8-10-19/h3-14H,2,15-16H2,1H3,(H,28,34)(H,29,33). The van der Waals surface area contributed by atoms with Crippen molar-refractivity contribution in [2.75, 3.05) is 16.4 Å². The average molecular weight is 491 g/mol. The molecule has 2 aromatic heterocycles. The van der Waals surface area contributed by atoms with Crippen molar-refractivity contribution in [2.45, 2.75) is 25.0 Å². The highest BCUT2D eigenvalue weighted by Crippen LogP contribution is 2.25. The summed E-state index contributed by atoms with van der Waals surface area (Å²) in [7, 11) is 0. The zero-order valence-electron chi connectivity index (χ0n) is 18.9. The fraction of sp³-hybridized carbons (Fsp3) is 0.160. The number of nitrogens with zero attached hydrogens (tertiary/aromatic N) is 4. The van der Waals surface area contributed by atoms with E-state index in [-0.39, 0.29) is 11.7 Å². The molecule has 2 amide bonds. The molecule has 0 fully saturated rings. The van der Waals surface area contributed by atoms with Gasteiger partial charge in [-0.15, -0.1) is 10.2 Å². The number of thioether (sulfide) groups is 1.